The van der Waals surface area contributed by atoms with Gasteiger partial charge in [0.25, 0.3) is 5.91 Å². The van der Waals surface area contributed by atoms with Gasteiger partial charge in [0.1, 0.15) is 16.3 Å². The molecule has 6 rings (SSSR count). The molecule has 3 fully saturated rings. The lowest BCUT2D eigenvalue weighted by Crippen LogP contribution is -2.46. The number of anilines is 1. The third-order valence-electron chi connectivity index (χ3n) is 7.45. The van der Waals surface area contributed by atoms with Crippen LogP contribution in [0.15, 0.2) is 23.8 Å². The van der Waals surface area contributed by atoms with Crippen LogP contribution in [-0.2, 0) is 4.79 Å². The van der Waals surface area contributed by atoms with E-state index in [1.54, 1.807) is 28.1 Å². The highest BCUT2D eigenvalue weighted by atomic mass is 32.1. The van der Waals surface area contributed by atoms with Crippen molar-refractivity contribution >= 4 is 34.3 Å². The van der Waals surface area contributed by atoms with E-state index in [4.69, 9.17) is 9.97 Å². The van der Waals surface area contributed by atoms with Gasteiger partial charge in [0.05, 0.1) is 11.8 Å². The Morgan fingerprint density at radius 2 is 2.00 bits per heavy atom. The minimum Gasteiger partial charge on any atom is -0.365 e. The van der Waals surface area contributed by atoms with E-state index in [1.807, 2.05) is 16.5 Å². The van der Waals surface area contributed by atoms with Gasteiger partial charge in [-0.1, -0.05) is 0 Å². The number of thiazole rings is 1. The van der Waals surface area contributed by atoms with E-state index >= 15 is 0 Å². The zero-order chi connectivity index (χ0) is 22.6. The highest BCUT2D eigenvalue weighted by molar-refractivity contribution is 7.16. The average molecular weight is 466 g/mol. The van der Waals surface area contributed by atoms with Crippen molar-refractivity contribution in [3.05, 3.63) is 29.5 Å². The zero-order valence-electron chi connectivity index (χ0n) is 18.6. The van der Waals surface area contributed by atoms with Crippen LogP contribution in [-0.4, -0.2) is 61.0 Å². The van der Waals surface area contributed by atoms with Gasteiger partial charge in [0, 0.05) is 41.8 Å². The number of amides is 2. The van der Waals surface area contributed by atoms with Crippen LogP contribution in [0.2, 0.25) is 0 Å². The SMILES string of the molecule is CC1(Nc2cc(C(=O)N3CCC(C4(NC=O)CC4)CC3)nc(-c3cnn4ccsc34)n2)CC1. The Bertz CT molecular complexity index is 1220. The van der Waals surface area contributed by atoms with Crippen LogP contribution in [0.3, 0.4) is 0 Å². The summed E-state index contributed by atoms with van der Waals surface area (Å²) in [4.78, 5) is 36.8. The first kappa shape index (κ1) is 20.6. The minimum absolute atomic E-state index is 0.0335. The van der Waals surface area contributed by atoms with Crippen LogP contribution in [0.4, 0.5) is 5.82 Å². The summed E-state index contributed by atoms with van der Waals surface area (Å²) < 4.78 is 1.80. The van der Waals surface area contributed by atoms with E-state index in [9.17, 15) is 9.59 Å². The number of carbonyl (C=O) groups is 2. The van der Waals surface area contributed by atoms with E-state index in [0.29, 0.717) is 36.3 Å². The third-order valence-corrected chi connectivity index (χ3v) is 8.33. The number of piperidine rings is 1. The van der Waals surface area contributed by atoms with Crippen LogP contribution < -0.4 is 10.6 Å². The van der Waals surface area contributed by atoms with E-state index in [2.05, 4.69) is 22.7 Å². The van der Waals surface area contributed by atoms with Crippen LogP contribution in [0.5, 0.6) is 0 Å². The largest absolute Gasteiger partial charge is 0.365 e. The Balaban J connectivity index is 1.27. The van der Waals surface area contributed by atoms with Crippen molar-refractivity contribution in [1.82, 2.24) is 29.8 Å². The van der Waals surface area contributed by atoms with Crippen LogP contribution >= 0.6 is 11.3 Å². The average Bonchev–Trinajstić information content (AvgIpc) is 3.64. The molecule has 10 heteroatoms. The maximum absolute atomic E-state index is 13.5. The Hall–Kier alpha value is -3.01. The topological polar surface area (TPSA) is 105 Å². The standard InChI is InChI=1S/C23H27N7O2S/c1-22(4-5-22)28-18-12-17(26-19(27-18)16-13-25-30-10-11-33-21(16)30)20(32)29-8-2-15(3-9-29)23(6-7-23)24-14-31/h10-15H,2-9H2,1H3,(H,24,31)(H,26,27,28). The van der Waals surface area contributed by atoms with Gasteiger partial charge in [0.2, 0.25) is 6.41 Å². The fraction of sp³-hybridized carbons (Fsp3) is 0.522. The second-order valence-corrected chi connectivity index (χ2v) is 10.7. The molecule has 0 atom stereocenters. The van der Waals surface area contributed by atoms with Crippen molar-refractivity contribution in [1.29, 1.82) is 0 Å². The summed E-state index contributed by atoms with van der Waals surface area (Å²) >= 11 is 1.58. The smallest absolute Gasteiger partial charge is 0.272 e. The summed E-state index contributed by atoms with van der Waals surface area (Å²) in [6.07, 6.45) is 10.5. The number of nitrogens with one attached hydrogen (secondary N) is 2. The maximum Gasteiger partial charge on any atom is 0.272 e. The molecule has 0 bridgehead atoms. The molecule has 3 aromatic rings. The highest BCUT2D eigenvalue weighted by Crippen LogP contribution is 2.46. The summed E-state index contributed by atoms with van der Waals surface area (Å²) in [5.74, 6) is 1.57. The molecule has 3 aromatic heterocycles. The normalized spacial score (nSPS) is 21.1. The molecule has 0 unspecified atom stereocenters. The summed E-state index contributed by atoms with van der Waals surface area (Å²) in [7, 11) is 0. The number of fused-ring (bicyclic) bond motifs is 1. The first-order chi connectivity index (χ1) is 16.0. The Labute approximate surface area is 195 Å². The van der Waals surface area contributed by atoms with Gasteiger partial charge >= 0.3 is 0 Å². The number of hydrogen-bond acceptors (Lipinski definition) is 7. The Kier molecular flexibility index (Phi) is 4.69. The molecule has 2 amide bonds. The van der Waals surface area contributed by atoms with Gasteiger partial charge in [0.15, 0.2) is 5.82 Å². The number of likely N-dealkylation sites (tertiary alicyclic amines) is 1. The predicted octanol–water partition coefficient (Wildman–Crippen LogP) is 2.95. The van der Waals surface area contributed by atoms with Crippen molar-refractivity contribution < 1.29 is 9.59 Å². The van der Waals surface area contributed by atoms with Crippen molar-refractivity contribution in [2.45, 2.75) is 56.5 Å². The van der Waals surface area contributed by atoms with Crippen molar-refractivity contribution in [3.63, 3.8) is 0 Å². The number of rotatable bonds is 7. The molecule has 9 nitrogen and oxygen atoms in total. The van der Waals surface area contributed by atoms with E-state index in [0.717, 1.165) is 55.3 Å². The Morgan fingerprint density at radius 3 is 2.70 bits per heavy atom. The Morgan fingerprint density at radius 1 is 1.21 bits per heavy atom. The molecule has 0 radical (unpaired) electrons. The van der Waals surface area contributed by atoms with Crippen molar-refractivity contribution in [2.75, 3.05) is 18.4 Å². The molecule has 2 aliphatic carbocycles. The molecule has 33 heavy (non-hydrogen) atoms. The quantitative estimate of drug-likeness (QED) is 0.520. The fourth-order valence-electron chi connectivity index (χ4n) is 4.96. The lowest BCUT2D eigenvalue weighted by molar-refractivity contribution is -0.110. The summed E-state index contributed by atoms with van der Waals surface area (Å²) in [5.41, 5.74) is 1.24. The van der Waals surface area contributed by atoms with Crippen LogP contribution in [0.25, 0.3) is 16.2 Å². The minimum atomic E-state index is -0.0658. The van der Waals surface area contributed by atoms with E-state index in [-0.39, 0.29) is 17.0 Å². The molecule has 1 aliphatic heterocycles. The van der Waals surface area contributed by atoms with E-state index in [1.165, 1.54) is 0 Å². The van der Waals surface area contributed by atoms with Crippen molar-refractivity contribution in [2.24, 2.45) is 5.92 Å². The lowest BCUT2D eigenvalue weighted by atomic mass is 9.87. The molecule has 4 heterocycles. The number of aromatic nitrogens is 4. The van der Waals surface area contributed by atoms with Gasteiger partial charge in [-0.15, -0.1) is 11.3 Å². The molecule has 2 saturated carbocycles. The summed E-state index contributed by atoms with van der Waals surface area (Å²) in [6, 6.07) is 1.78. The van der Waals surface area contributed by atoms with E-state index < -0.39 is 0 Å². The summed E-state index contributed by atoms with van der Waals surface area (Å²) in [6.45, 7) is 3.52. The molecule has 3 aliphatic rings. The van der Waals surface area contributed by atoms with Gasteiger partial charge in [-0.05, 0) is 51.4 Å². The molecule has 0 aromatic carbocycles. The lowest BCUT2D eigenvalue weighted by Gasteiger charge is -2.36. The number of hydrogen-bond donors (Lipinski definition) is 2. The molecule has 2 N–H and O–H groups in total. The number of carbonyl (C=O) groups excluding carboxylic acids is 2. The van der Waals surface area contributed by atoms with Gasteiger partial charge in [-0.3, -0.25) is 9.59 Å². The fourth-order valence-corrected chi connectivity index (χ4v) is 5.76. The van der Waals surface area contributed by atoms with Gasteiger partial charge < -0.3 is 15.5 Å². The van der Waals surface area contributed by atoms with Crippen LogP contribution in [0.1, 0.15) is 55.9 Å². The molecule has 172 valence electrons. The second kappa shape index (κ2) is 7.51. The zero-order valence-corrected chi connectivity index (χ0v) is 19.4. The maximum atomic E-state index is 13.5. The third kappa shape index (κ3) is 3.76. The molecular weight excluding hydrogens is 438 g/mol. The monoisotopic (exact) mass is 465 g/mol. The first-order valence-electron chi connectivity index (χ1n) is 11.6. The van der Waals surface area contributed by atoms with Crippen molar-refractivity contribution in [3.8, 4) is 11.4 Å². The van der Waals surface area contributed by atoms with Gasteiger partial charge in [-0.25, -0.2) is 14.5 Å². The summed E-state index contributed by atoms with van der Waals surface area (Å²) in [5, 5.41) is 12.9. The predicted molar refractivity (Wildman–Crippen MR) is 125 cm³/mol. The second-order valence-electron chi connectivity index (χ2n) is 9.84. The highest BCUT2D eigenvalue weighted by Gasteiger charge is 2.50. The number of nitrogens with zero attached hydrogens (tertiary/aromatic N) is 5. The van der Waals surface area contributed by atoms with Crippen LogP contribution in [0, 0.1) is 5.92 Å². The first-order valence-corrected chi connectivity index (χ1v) is 12.5. The molecular formula is C23H27N7O2S. The van der Waals surface area contributed by atoms with Gasteiger partial charge in [-0.2, -0.15) is 5.10 Å². The molecule has 0 spiro atoms. The molecule has 1 saturated heterocycles.